The number of allylic oxidation sites excluding steroid dienone is 1. The maximum atomic E-state index is 12.2. The van der Waals surface area contributed by atoms with Gasteiger partial charge in [-0.15, -0.1) is 0 Å². The molecular weight excluding hydrogens is 324 g/mol. The third kappa shape index (κ3) is 3.91. The lowest BCUT2D eigenvalue weighted by atomic mass is 9.91. The Bertz CT molecular complexity index is 725. The van der Waals surface area contributed by atoms with E-state index in [9.17, 15) is 14.7 Å². The van der Waals surface area contributed by atoms with E-state index in [-0.39, 0.29) is 18.5 Å². The number of nitrogens with one attached hydrogen (secondary N) is 1. The minimum absolute atomic E-state index is 0.0275. The summed E-state index contributed by atoms with van der Waals surface area (Å²) in [5.41, 5.74) is 1.63. The molecule has 0 saturated heterocycles. The van der Waals surface area contributed by atoms with E-state index in [1.54, 1.807) is 0 Å². The summed E-state index contributed by atoms with van der Waals surface area (Å²) in [5.74, 6) is 3.97. The average Bonchev–Trinajstić information content (AvgIpc) is 3.12. The summed E-state index contributed by atoms with van der Waals surface area (Å²) in [6, 6.07) is -0.0275. The number of aliphatic hydroxyl groups excluding tert-OH is 1. The van der Waals surface area contributed by atoms with Crippen LogP contribution in [-0.4, -0.2) is 41.9 Å². The first-order chi connectivity index (χ1) is 12.1. The van der Waals surface area contributed by atoms with Gasteiger partial charge in [-0.3, -0.25) is 10.1 Å². The van der Waals surface area contributed by atoms with Gasteiger partial charge in [0.2, 0.25) is 12.1 Å². The molecule has 3 atom stereocenters. The Morgan fingerprint density at radius 1 is 1.52 bits per heavy atom. The Labute approximate surface area is 145 Å². The summed E-state index contributed by atoms with van der Waals surface area (Å²) in [6.45, 7) is 1.83. The van der Waals surface area contributed by atoms with Gasteiger partial charge in [0.05, 0.1) is 0 Å². The second-order valence-corrected chi connectivity index (χ2v) is 5.99. The monoisotopic (exact) mass is 344 g/mol. The molecule has 0 bridgehead atoms. The number of amides is 1. The number of ether oxygens (including phenoxy) is 2. The van der Waals surface area contributed by atoms with Crippen molar-refractivity contribution in [3.8, 4) is 11.8 Å². The lowest BCUT2D eigenvalue weighted by Gasteiger charge is -2.31. The molecule has 25 heavy (non-hydrogen) atoms. The molecule has 0 radical (unpaired) electrons. The average molecular weight is 344 g/mol. The van der Waals surface area contributed by atoms with Crippen molar-refractivity contribution in [3.05, 3.63) is 23.3 Å². The molecule has 2 N–H and O–H groups in total. The highest BCUT2D eigenvalue weighted by atomic mass is 16.6. The van der Waals surface area contributed by atoms with Gasteiger partial charge in [-0.25, -0.2) is 4.79 Å². The first-order valence-corrected chi connectivity index (χ1v) is 8.36. The maximum absolute atomic E-state index is 12.2. The maximum Gasteiger partial charge on any atom is 0.332 e. The van der Waals surface area contributed by atoms with E-state index < -0.39 is 24.2 Å². The van der Waals surface area contributed by atoms with Crippen LogP contribution in [-0.2, 0) is 19.1 Å². The van der Waals surface area contributed by atoms with Gasteiger partial charge in [-0.1, -0.05) is 24.8 Å². The molecule has 0 spiro atoms. The number of esters is 1. The molecular formula is C18H20N2O5. The largest absolute Gasteiger partial charge is 0.452 e. The van der Waals surface area contributed by atoms with Crippen molar-refractivity contribution >= 4 is 17.9 Å². The highest BCUT2D eigenvalue weighted by molar-refractivity contribution is 6.00. The first kappa shape index (κ1) is 17.2. The number of hydrogen-bond donors (Lipinski definition) is 2. The Morgan fingerprint density at radius 2 is 2.36 bits per heavy atom. The number of amidine groups is 1. The van der Waals surface area contributed by atoms with Crippen LogP contribution in [0.3, 0.4) is 0 Å². The summed E-state index contributed by atoms with van der Waals surface area (Å²) >= 11 is 0. The Balaban J connectivity index is 1.60. The van der Waals surface area contributed by atoms with Crippen molar-refractivity contribution in [2.75, 3.05) is 6.61 Å². The fourth-order valence-electron chi connectivity index (χ4n) is 3.05. The zero-order valence-corrected chi connectivity index (χ0v) is 13.9. The molecule has 0 aromatic heterocycles. The predicted molar refractivity (Wildman–Crippen MR) is 89.0 cm³/mol. The highest BCUT2D eigenvalue weighted by Crippen LogP contribution is 2.28. The minimum atomic E-state index is -0.904. The quantitative estimate of drug-likeness (QED) is 0.448. The van der Waals surface area contributed by atoms with Crippen molar-refractivity contribution in [1.82, 2.24) is 5.32 Å². The van der Waals surface area contributed by atoms with Crippen LogP contribution in [0.5, 0.6) is 0 Å². The van der Waals surface area contributed by atoms with Crippen molar-refractivity contribution in [1.29, 1.82) is 0 Å². The molecule has 1 amide bonds. The number of carbonyl (C=O) groups excluding carboxylic acids is 2. The molecule has 2 aliphatic heterocycles. The second kappa shape index (κ2) is 7.53. The van der Waals surface area contributed by atoms with Crippen molar-refractivity contribution in [3.63, 3.8) is 0 Å². The highest BCUT2D eigenvalue weighted by Gasteiger charge is 2.41. The van der Waals surface area contributed by atoms with Crippen LogP contribution in [0.25, 0.3) is 0 Å². The molecule has 132 valence electrons. The number of hydrogen-bond acceptors (Lipinski definition) is 6. The number of nitrogens with zero attached hydrogens (tertiary/aromatic N) is 1. The Kier molecular flexibility index (Phi) is 5.19. The van der Waals surface area contributed by atoms with Crippen LogP contribution in [0.4, 0.5) is 0 Å². The van der Waals surface area contributed by atoms with E-state index in [0.717, 1.165) is 24.8 Å². The topological polar surface area (TPSA) is 97.2 Å². The molecule has 0 aromatic carbocycles. The molecule has 3 unspecified atom stereocenters. The van der Waals surface area contributed by atoms with Crippen LogP contribution in [0.1, 0.15) is 32.6 Å². The zero-order valence-electron chi connectivity index (χ0n) is 13.9. The molecule has 1 aliphatic carbocycles. The van der Waals surface area contributed by atoms with Crippen molar-refractivity contribution in [2.24, 2.45) is 10.9 Å². The summed E-state index contributed by atoms with van der Waals surface area (Å²) < 4.78 is 10.4. The Hall–Kier alpha value is -2.59. The second-order valence-electron chi connectivity index (χ2n) is 5.99. The third-order valence-electron chi connectivity index (χ3n) is 4.34. The number of aliphatic hydroxyl groups is 1. The number of carbonyl (C=O) groups is 2. The van der Waals surface area contributed by atoms with Crippen LogP contribution < -0.4 is 5.32 Å². The van der Waals surface area contributed by atoms with Gasteiger partial charge in [0, 0.05) is 6.08 Å². The van der Waals surface area contributed by atoms with Crippen LogP contribution >= 0.6 is 0 Å². The number of fused-ring (bicyclic) bond motifs is 1. The summed E-state index contributed by atoms with van der Waals surface area (Å²) in [4.78, 5) is 27.9. The lowest BCUT2D eigenvalue weighted by Crippen LogP contribution is -2.50. The number of rotatable bonds is 3. The molecule has 2 heterocycles. The molecule has 0 fully saturated rings. The van der Waals surface area contributed by atoms with E-state index in [2.05, 4.69) is 22.2 Å². The molecule has 0 aromatic rings. The fraction of sp³-hybridized carbons (Fsp3) is 0.500. The minimum Gasteiger partial charge on any atom is -0.452 e. The molecule has 7 nitrogen and oxygen atoms in total. The van der Waals surface area contributed by atoms with E-state index in [1.165, 1.54) is 6.08 Å². The fourth-order valence-corrected chi connectivity index (χ4v) is 3.05. The van der Waals surface area contributed by atoms with E-state index in [1.807, 2.05) is 13.0 Å². The summed E-state index contributed by atoms with van der Waals surface area (Å²) in [5, 5.41) is 12.5. The van der Waals surface area contributed by atoms with E-state index in [0.29, 0.717) is 12.0 Å². The molecule has 7 heteroatoms. The standard InChI is InChI=1S/C18H20N2O5/c1-2-11-10-14(22)25-17-15(11)16(23)19-18(20-17)24-9-5-8-13(21)12-6-3-4-7-12/h6,10,13,15,17,21H,2-4,7,9H2,1H3,(H,19,20,23). The van der Waals surface area contributed by atoms with Crippen molar-refractivity contribution < 1.29 is 24.2 Å². The van der Waals surface area contributed by atoms with E-state index in [4.69, 9.17) is 9.47 Å². The van der Waals surface area contributed by atoms with Gasteiger partial charge in [0.1, 0.15) is 12.0 Å². The normalized spacial score (nSPS) is 26.1. The first-order valence-electron chi connectivity index (χ1n) is 8.36. The zero-order chi connectivity index (χ0) is 17.8. The van der Waals surface area contributed by atoms with Gasteiger partial charge >= 0.3 is 5.97 Å². The van der Waals surface area contributed by atoms with E-state index >= 15 is 0 Å². The third-order valence-corrected chi connectivity index (χ3v) is 4.34. The van der Waals surface area contributed by atoms with Gasteiger partial charge < -0.3 is 14.6 Å². The lowest BCUT2D eigenvalue weighted by molar-refractivity contribution is -0.149. The SMILES string of the molecule is CCC1=CC(=O)OC2N=C(OCC#CC(O)C3=CCCC3)NC(=O)C12. The van der Waals surface area contributed by atoms with Gasteiger partial charge in [-0.05, 0) is 36.8 Å². The van der Waals surface area contributed by atoms with Crippen LogP contribution in [0, 0.1) is 17.8 Å². The smallest absolute Gasteiger partial charge is 0.332 e. The van der Waals surface area contributed by atoms with Crippen LogP contribution in [0.15, 0.2) is 28.3 Å². The van der Waals surface area contributed by atoms with Crippen LogP contribution in [0.2, 0.25) is 0 Å². The predicted octanol–water partition coefficient (Wildman–Crippen LogP) is 0.799. The van der Waals surface area contributed by atoms with Gasteiger partial charge in [0.15, 0.2) is 6.61 Å². The summed E-state index contributed by atoms with van der Waals surface area (Å²) in [6.07, 6.45) is 5.10. The molecule has 3 rings (SSSR count). The summed E-state index contributed by atoms with van der Waals surface area (Å²) in [7, 11) is 0. The molecule has 0 saturated carbocycles. The Morgan fingerprint density at radius 3 is 3.08 bits per heavy atom. The molecule has 3 aliphatic rings. The van der Waals surface area contributed by atoms with Crippen molar-refractivity contribution in [2.45, 2.75) is 44.9 Å². The van der Waals surface area contributed by atoms with Gasteiger partial charge in [0.25, 0.3) is 6.02 Å². The number of aliphatic imine (C=N–C) groups is 1. The van der Waals surface area contributed by atoms with Gasteiger partial charge in [-0.2, -0.15) is 4.99 Å².